The Morgan fingerprint density at radius 2 is 2.00 bits per heavy atom. The zero-order valence-electron chi connectivity index (χ0n) is 13.2. The summed E-state index contributed by atoms with van der Waals surface area (Å²) in [6.07, 6.45) is 1.88. The summed E-state index contributed by atoms with van der Waals surface area (Å²) in [4.78, 5) is 18.6. The van der Waals surface area contributed by atoms with E-state index in [2.05, 4.69) is 15.2 Å². The highest BCUT2D eigenvalue weighted by molar-refractivity contribution is 5.91. The van der Waals surface area contributed by atoms with Crippen LogP contribution in [-0.4, -0.2) is 38.6 Å². The molecule has 126 valence electrons. The molecule has 1 aromatic carbocycles. The first-order valence-electron chi connectivity index (χ1n) is 7.92. The highest BCUT2D eigenvalue weighted by Gasteiger charge is 2.27. The van der Waals surface area contributed by atoms with Crippen LogP contribution in [0.5, 0.6) is 0 Å². The molecule has 0 atom stereocenters. The maximum Gasteiger partial charge on any atom is 0.279 e. The number of quaternary nitrogens is 1. The lowest BCUT2D eigenvalue weighted by atomic mass is 10.2. The fourth-order valence-corrected chi connectivity index (χ4v) is 2.84. The second-order valence-corrected chi connectivity index (χ2v) is 5.83. The summed E-state index contributed by atoms with van der Waals surface area (Å²) in [5, 5.41) is 2.45. The van der Waals surface area contributed by atoms with Gasteiger partial charge in [0, 0.05) is 12.1 Å². The van der Waals surface area contributed by atoms with Crippen LogP contribution in [0.1, 0.15) is 0 Å². The Labute approximate surface area is 138 Å². The number of rotatable bonds is 4. The average Bonchev–Trinajstić information content (AvgIpc) is 2.59. The average molecular weight is 334 g/mol. The van der Waals surface area contributed by atoms with Crippen LogP contribution < -0.4 is 20.1 Å². The molecule has 0 aliphatic carbocycles. The number of nitrogens with one attached hydrogen (secondary N) is 3. The lowest BCUT2D eigenvalue weighted by molar-refractivity contribution is -0.892. The zero-order valence-corrected chi connectivity index (χ0v) is 13.2. The minimum atomic E-state index is -0.635. The van der Waals surface area contributed by atoms with Gasteiger partial charge in [-0.05, 0) is 18.2 Å². The smallest absolute Gasteiger partial charge is 0.279 e. The van der Waals surface area contributed by atoms with E-state index in [9.17, 15) is 13.6 Å². The predicted molar refractivity (Wildman–Crippen MR) is 85.8 cm³/mol. The van der Waals surface area contributed by atoms with Gasteiger partial charge in [0.2, 0.25) is 0 Å². The summed E-state index contributed by atoms with van der Waals surface area (Å²) in [5.41, 5.74) is -0.114. The first kappa shape index (κ1) is 16.3. The predicted octanol–water partition coefficient (Wildman–Crippen LogP) is 0.123. The number of halogens is 2. The van der Waals surface area contributed by atoms with Crippen LogP contribution in [0.25, 0.3) is 0 Å². The number of aromatic amines is 1. The molecule has 3 N–H and O–H groups in total. The first-order chi connectivity index (χ1) is 11.6. The van der Waals surface area contributed by atoms with Crippen molar-refractivity contribution in [1.82, 2.24) is 0 Å². The molecule has 1 amide bonds. The Balaban J connectivity index is 1.51. The fourth-order valence-electron chi connectivity index (χ4n) is 2.84. The van der Waals surface area contributed by atoms with Gasteiger partial charge >= 0.3 is 0 Å². The van der Waals surface area contributed by atoms with Crippen molar-refractivity contribution in [3.63, 3.8) is 0 Å². The summed E-state index contributed by atoms with van der Waals surface area (Å²) in [7, 11) is 0. The van der Waals surface area contributed by atoms with Gasteiger partial charge in [0.1, 0.15) is 37.8 Å². The number of nitrogens with zero attached hydrogens (tertiary/aromatic N) is 1. The maximum absolute atomic E-state index is 13.5. The molecule has 0 spiro atoms. The van der Waals surface area contributed by atoms with Gasteiger partial charge in [-0.15, -0.1) is 0 Å². The van der Waals surface area contributed by atoms with Gasteiger partial charge in [0.05, 0.1) is 11.9 Å². The number of aromatic nitrogens is 1. The van der Waals surface area contributed by atoms with Crippen molar-refractivity contribution in [3.8, 4) is 0 Å². The SMILES string of the molecule is O=C(C[NH+]1CCN(c2cccc[nH+]2)CC1)Nc1cc(F)ccc1F. The summed E-state index contributed by atoms with van der Waals surface area (Å²) in [5.74, 6) is -0.465. The van der Waals surface area contributed by atoms with E-state index in [1.165, 1.54) is 0 Å². The van der Waals surface area contributed by atoms with Crippen molar-refractivity contribution >= 4 is 17.4 Å². The number of hydrogen-bond acceptors (Lipinski definition) is 2. The molecule has 0 bridgehead atoms. The monoisotopic (exact) mass is 334 g/mol. The molecule has 5 nitrogen and oxygen atoms in total. The number of benzene rings is 1. The van der Waals surface area contributed by atoms with Gasteiger partial charge in [-0.1, -0.05) is 6.07 Å². The molecule has 7 heteroatoms. The van der Waals surface area contributed by atoms with Gasteiger partial charge in [0.15, 0.2) is 6.54 Å². The molecule has 3 rings (SSSR count). The van der Waals surface area contributed by atoms with Gasteiger partial charge in [-0.2, -0.15) is 0 Å². The molecule has 1 fully saturated rings. The third-order valence-electron chi connectivity index (χ3n) is 4.12. The molecular weight excluding hydrogens is 314 g/mol. The topological polar surface area (TPSA) is 50.9 Å². The van der Waals surface area contributed by atoms with Gasteiger partial charge in [0.25, 0.3) is 11.7 Å². The molecule has 0 saturated carbocycles. The molecule has 0 radical (unpaired) electrons. The number of H-pyrrole nitrogens is 1. The van der Waals surface area contributed by atoms with E-state index in [4.69, 9.17) is 0 Å². The van der Waals surface area contributed by atoms with Crippen LogP contribution in [0.2, 0.25) is 0 Å². The van der Waals surface area contributed by atoms with Crippen LogP contribution in [0.3, 0.4) is 0 Å². The Morgan fingerprint density at radius 3 is 2.71 bits per heavy atom. The van der Waals surface area contributed by atoms with Crippen molar-refractivity contribution in [2.24, 2.45) is 0 Å². The Kier molecular flexibility index (Phi) is 5.00. The quantitative estimate of drug-likeness (QED) is 0.835. The van der Waals surface area contributed by atoms with E-state index in [1.807, 2.05) is 24.4 Å². The number of amides is 1. The minimum Gasteiger partial charge on any atom is -0.321 e. The number of pyridine rings is 1. The normalized spacial score (nSPS) is 15.3. The third kappa shape index (κ3) is 4.05. The highest BCUT2D eigenvalue weighted by atomic mass is 19.1. The standard InChI is InChI=1S/C17H18F2N4O/c18-13-4-5-14(19)15(11-13)21-17(24)12-22-7-9-23(10-8-22)16-3-1-2-6-20-16/h1-6,11H,7-10,12H2,(H,21,24)/p+2. The summed E-state index contributed by atoms with van der Waals surface area (Å²) in [6.45, 7) is 3.51. The minimum absolute atomic E-state index is 0.114. The van der Waals surface area contributed by atoms with Gasteiger partial charge in [-0.3, -0.25) is 9.69 Å². The van der Waals surface area contributed by atoms with Crippen LogP contribution >= 0.6 is 0 Å². The van der Waals surface area contributed by atoms with Crippen molar-refractivity contribution < 1.29 is 23.5 Å². The number of carbonyl (C=O) groups excluding carboxylic acids is 1. The van der Waals surface area contributed by atoms with E-state index in [1.54, 1.807) is 0 Å². The first-order valence-corrected chi connectivity index (χ1v) is 7.92. The Hall–Kier alpha value is -2.54. The molecule has 1 saturated heterocycles. The highest BCUT2D eigenvalue weighted by Crippen LogP contribution is 2.14. The number of carbonyl (C=O) groups is 1. The van der Waals surface area contributed by atoms with Crippen LogP contribution in [0.15, 0.2) is 42.6 Å². The van der Waals surface area contributed by atoms with Crippen LogP contribution in [0.4, 0.5) is 20.3 Å². The number of anilines is 2. The molecule has 2 aromatic rings. The molecular formula is C17H20F2N4O+2. The Bertz CT molecular complexity index is 703. The van der Waals surface area contributed by atoms with Crippen molar-refractivity contribution in [2.75, 3.05) is 42.9 Å². The number of hydrogen-bond donors (Lipinski definition) is 2. The lowest BCUT2D eigenvalue weighted by Gasteiger charge is -2.27. The van der Waals surface area contributed by atoms with E-state index in [0.29, 0.717) is 0 Å². The van der Waals surface area contributed by atoms with Crippen LogP contribution in [-0.2, 0) is 4.79 Å². The summed E-state index contributed by atoms with van der Waals surface area (Å²) < 4.78 is 26.7. The van der Waals surface area contributed by atoms with Crippen molar-refractivity contribution in [3.05, 3.63) is 54.2 Å². The second kappa shape index (κ2) is 7.35. The summed E-state index contributed by atoms with van der Waals surface area (Å²) in [6, 6.07) is 8.95. The molecule has 1 aliphatic heterocycles. The molecule has 1 aliphatic rings. The Morgan fingerprint density at radius 1 is 1.21 bits per heavy atom. The zero-order chi connectivity index (χ0) is 16.9. The molecule has 0 unspecified atom stereocenters. The van der Waals surface area contributed by atoms with E-state index >= 15 is 0 Å². The van der Waals surface area contributed by atoms with Crippen molar-refractivity contribution in [2.45, 2.75) is 0 Å². The van der Waals surface area contributed by atoms with Crippen molar-refractivity contribution in [1.29, 1.82) is 0 Å². The third-order valence-corrected chi connectivity index (χ3v) is 4.12. The molecule has 1 aromatic heterocycles. The van der Waals surface area contributed by atoms with Gasteiger partial charge in [-0.25, -0.2) is 13.8 Å². The van der Waals surface area contributed by atoms with E-state index in [0.717, 1.165) is 55.1 Å². The van der Waals surface area contributed by atoms with E-state index < -0.39 is 11.6 Å². The lowest BCUT2D eigenvalue weighted by Crippen LogP contribution is -3.15. The summed E-state index contributed by atoms with van der Waals surface area (Å²) >= 11 is 0. The van der Waals surface area contributed by atoms with E-state index in [-0.39, 0.29) is 18.1 Å². The second-order valence-electron chi connectivity index (χ2n) is 5.83. The maximum atomic E-state index is 13.5. The number of piperazine rings is 1. The largest absolute Gasteiger partial charge is 0.321 e. The van der Waals surface area contributed by atoms with Crippen LogP contribution in [0, 0.1) is 11.6 Å². The van der Waals surface area contributed by atoms with Gasteiger partial charge < -0.3 is 10.2 Å². The fraction of sp³-hybridized carbons (Fsp3) is 0.294. The molecule has 2 heterocycles. The molecule has 24 heavy (non-hydrogen) atoms.